The zero-order valence-corrected chi connectivity index (χ0v) is 28.3. The average molecular weight is 481 g/mol. The number of rotatable bonds is 9. The summed E-state index contributed by atoms with van der Waals surface area (Å²) in [5.41, 5.74) is 8.23. The van der Waals surface area contributed by atoms with E-state index in [1.54, 1.807) is 0 Å². The molecule has 4 heteroatoms. The first-order valence-corrected chi connectivity index (χ1v) is 11.1. The fourth-order valence-corrected chi connectivity index (χ4v) is 3.68. The Morgan fingerprint density at radius 1 is 0.531 bits per heavy atom. The van der Waals surface area contributed by atoms with Crippen LogP contribution in [0.15, 0.2) is 61.0 Å². The molecule has 0 aliphatic carbocycles. The Morgan fingerprint density at radius 2 is 0.750 bits per heavy atom. The van der Waals surface area contributed by atoms with E-state index in [0.29, 0.717) is 35.1 Å². The van der Waals surface area contributed by atoms with Gasteiger partial charge in [0.15, 0.2) is 0 Å². The van der Waals surface area contributed by atoms with Crippen LogP contribution in [-0.2, 0) is 0 Å². The van der Waals surface area contributed by atoms with Crippen molar-refractivity contribution in [2.45, 2.75) is 79.1 Å². The summed E-state index contributed by atoms with van der Waals surface area (Å²) < 4.78 is 0. The predicted molar refractivity (Wildman–Crippen MR) is 134 cm³/mol. The molecule has 0 unspecified atom stereocenters. The molecular weight excluding hydrogens is 443 g/mol. The molecule has 0 saturated heterocycles. The van der Waals surface area contributed by atoms with Crippen molar-refractivity contribution in [3.05, 3.63) is 93.8 Å². The van der Waals surface area contributed by atoms with Crippen LogP contribution in [-0.4, -0.2) is 0 Å². The van der Waals surface area contributed by atoms with Crippen molar-refractivity contribution in [3.63, 3.8) is 0 Å². The normalized spacial score (nSPS) is 10.8. The van der Waals surface area contributed by atoms with Gasteiger partial charge in [0, 0.05) is 0 Å². The van der Waals surface area contributed by atoms with Gasteiger partial charge in [0.2, 0.25) is 0 Å². The Bertz CT molecular complexity index is 784. The molecule has 0 heterocycles. The van der Waals surface area contributed by atoms with E-state index in [1.807, 2.05) is 0 Å². The number of benzene rings is 2. The maximum absolute atomic E-state index is 4.96. The molecular formula is C28H38K2N2. The van der Waals surface area contributed by atoms with Gasteiger partial charge in [0.25, 0.3) is 0 Å². The number of hydrogen-bond donors (Lipinski definition) is 0. The summed E-state index contributed by atoms with van der Waals surface area (Å²) in [6, 6.07) is 12.9. The molecule has 0 amide bonds. The molecule has 0 aliphatic rings. The van der Waals surface area contributed by atoms with Gasteiger partial charge in [-0.05, 0) is 23.7 Å². The van der Waals surface area contributed by atoms with Gasteiger partial charge in [-0.25, -0.2) is 0 Å². The summed E-state index contributed by atoms with van der Waals surface area (Å²) >= 11 is 0. The topological polar surface area (TPSA) is 28.2 Å². The molecule has 2 rings (SSSR count). The zero-order chi connectivity index (χ0) is 22.6. The van der Waals surface area contributed by atoms with Gasteiger partial charge in [0.1, 0.15) is 0 Å². The van der Waals surface area contributed by atoms with Crippen LogP contribution in [0.2, 0.25) is 0 Å². The summed E-state index contributed by atoms with van der Waals surface area (Å²) in [4.78, 5) is 0. The van der Waals surface area contributed by atoms with E-state index in [1.165, 1.54) is 22.3 Å². The van der Waals surface area contributed by atoms with E-state index < -0.39 is 0 Å². The Balaban J connectivity index is 0.00000480. The third-order valence-electron chi connectivity index (χ3n) is 5.51. The Hall–Kier alpha value is 0.793. The van der Waals surface area contributed by atoms with Gasteiger partial charge in [-0.1, -0.05) is 114 Å². The summed E-state index contributed by atoms with van der Waals surface area (Å²) in [6.45, 7) is 26.1. The molecule has 0 aliphatic heterocycles. The quantitative estimate of drug-likeness (QED) is 0.384. The molecule has 0 bridgehead atoms. The first-order chi connectivity index (χ1) is 14.0. The minimum Gasteiger partial charge on any atom is -0.659 e. The van der Waals surface area contributed by atoms with Crippen molar-refractivity contribution < 1.29 is 103 Å². The molecule has 162 valence electrons. The van der Waals surface area contributed by atoms with E-state index in [4.69, 9.17) is 10.6 Å². The van der Waals surface area contributed by atoms with Crippen LogP contribution >= 0.6 is 0 Å². The van der Waals surface area contributed by atoms with Crippen LogP contribution in [0.4, 0.5) is 11.4 Å². The third-order valence-corrected chi connectivity index (χ3v) is 5.51. The molecule has 2 aromatic rings. The molecule has 32 heavy (non-hydrogen) atoms. The Labute approximate surface area is 282 Å². The second-order valence-corrected chi connectivity index (χ2v) is 9.31. The fourth-order valence-electron chi connectivity index (χ4n) is 3.68. The van der Waals surface area contributed by atoms with Gasteiger partial charge in [-0.2, -0.15) is 11.4 Å². The first-order valence-electron chi connectivity index (χ1n) is 11.1. The molecule has 0 radical (unpaired) electrons. The van der Waals surface area contributed by atoms with Crippen molar-refractivity contribution in [3.8, 4) is 0 Å². The van der Waals surface area contributed by atoms with Crippen molar-refractivity contribution in [2.24, 2.45) is 0 Å². The first kappa shape index (κ1) is 32.8. The maximum Gasteiger partial charge on any atom is 1.00 e. The molecule has 2 aromatic carbocycles. The smallest absolute Gasteiger partial charge is 0.659 e. The van der Waals surface area contributed by atoms with Crippen LogP contribution in [0.1, 0.15) is 101 Å². The van der Waals surface area contributed by atoms with Crippen molar-refractivity contribution in [2.75, 3.05) is 0 Å². The van der Waals surface area contributed by atoms with Crippen LogP contribution in [0.25, 0.3) is 10.6 Å². The van der Waals surface area contributed by atoms with Gasteiger partial charge >= 0.3 is 103 Å². The molecule has 0 saturated carbocycles. The van der Waals surface area contributed by atoms with Crippen molar-refractivity contribution in [1.29, 1.82) is 0 Å². The van der Waals surface area contributed by atoms with Crippen molar-refractivity contribution in [1.82, 2.24) is 0 Å². The van der Waals surface area contributed by atoms with Gasteiger partial charge < -0.3 is 10.6 Å². The average Bonchev–Trinajstić information content (AvgIpc) is 2.67. The van der Waals surface area contributed by atoms with Gasteiger partial charge in [0.05, 0.1) is 0 Å². The van der Waals surface area contributed by atoms with E-state index in [0.717, 1.165) is 11.4 Å². The molecule has 2 nitrogen and oxygen atoms in total. The summed E-state index contributed by atoms with van der Waals surface area (Å²) in [5, 5.41) is 9.92. The minimum absolute atomic E-state index is 0. The number of para-hydroxylation sites is 2. The monoisotopic (exact) mass is 480 g/mol. The molecule has 0 spiro atoms. The predicted octanol–water partition coefficient (Wildman–Crippen LogP) is 3.93. The van der Waals surface area contributed by atoms with Crippen LogP contribution in [0.5, 0.6) is 0 Å². The third kappa shape index (κ3) is 8.47. The molecule has 0 atom stereocenters. The van der Waals surface area contributed by atoms with Crippen LogP contribution < -0.4 is 103 Å². The second kappa shape index (κ2) is 15.0. The van der Waals surface area contributed by atoms with E-state index in [9.17, 15) is 0 Å². The zero-order valence-electron chi connectivity index (χ0n) is 22.1. The standard InChI is InChI=1S/C28H38N2.2K/c1-17(2)23-13-11-14-24(18(3)4)27(23)29-21(9)22(10)30-28-25(19(5)6)15-12-16-26(28)20(7)8;;/h11-20H,9-10H2,1-8H3;;/q-2;2*+1. The summed E-state index contributed by atoms with van der Waals surface area (Å²) in [5.74, 6) is 1.54. The largest absolute Gasteiger partial charge is 1.00 e. The summed E-state index contributed by atoms with van der Waals surface area (Å²) in [6.07, 6.45) is 0. The second-order valence-electron chi connectivity index (χ2n) is 9.31. The SMILES string of the molecule is C=C([N-]c1c(C(C)C)cccc1C(C)C)C(=C)[N-]c1c(C(C)C)cccc1C(C)C.[K+].[K+]. The minimum atomic E-state index is 0. The van der Waals surface area contributed by atoms with Gasteiger partial charge in [-0.15, -0.1) is 24.5 Å². The van der Waals surface area contributed by atoms with Crippen LogP contribution in [0.3, 0.4) is 0 Å². The van der Waals surface area contributed by atoms with Gasteiger partial charge in [-0.3, -0.25) is 0 Å². The molecule has 0 aromatic heterocycles. The Morgan fingerprint density at radius 3 is 0.938 bits per heavy atom. The maximum atomic E-state index is 4.96. The number of hydrogen-bond acceptors (Lipinski definition) is 0. The number of nitrogens with zero attached hydrogens (tertiary/aromatic N) is 2. The molecule has 0 fully saturated rings. The van der Waals surface area contributed by atoms with E-state index in [-0.39, 0.29) is 103 Å². The van der Waals surface area contributed by atoms with E-state index in [2.05, 4.69) is 105 Å². The molecule has 0 N–H and O–H groups in total. The van der Waals surface area contributed by atoms with Crippen LogP contribution in [0, 0.1) is 0 Å². The summed E-state index contributed by atoms with van der Waals surface area (Å²) in [7, 11) is 0. The Kier molecular flexibility index (Phi) is 15.4. The van der Waals surface area contributed by atoms with E-state index >= 15 is 0 Å². The van der Waals surface area contributed by atoms with Crippen molar-refractivity contribution >= 4 is 11.4 Å². The fraction of sp³-hybridized carbons (Fsp3) is 0.429.